The molecule has 0 fully saturated rings. The van der Waals surface area contributed by atoms with E-state index in [0.717, 1.165) is 6.26 Å². The van der Waals surface area contributed by atoms with E-state index in [9.17, 15) is 16.8 Å². The van der Waals surface area contributed by atoms with Crippen LogP contribution in [0.15, 0.2) is 34.1 Å². The Morgan fingerprint density at radius 3 is 2.00 bits per heavy atom. The topological polar surface area (TPSA) is 101 Å². The predicted molar refractivity (Wildman–Crippen MR) is 71.0 cm³/mol. The van der Waals surface area contributed by atoms with Crippen molar-refractivity contribution in [1.29, 1.82) is 0 Å². The zero-order valence-electron chi connectivity index (χ0n) is 10.7. The van der Waals surface area contributed by atoms with Gasteiger partial charge >= 0.3 is 0 Å². The SMILES string of the molecule is CC(CO)CNS(=O)(=O)c1ccc(S(C)(=O)=O)cc1. The lowest BCUT2D eigenvalue weighted by atomic mass is 10.2. The van der Waals surface area contributed by atoms with E-state index in [-0.39, 0.29) is 28.9 Å². The van der Waals surface area contributed by atoms with Crippen LogP contribution in [0, 0.1) is 5.92 Å². The fourth-order valence-electron chi connectivity index (χ4n) is 1.27. The molecule has 1 aromatic rings. The van der Waals surface area contributed by atoms with Crippen LogP contribution in [-0.2, 0) is 19.9 Å². The van der Waals surface area contributed by atoms with Crippen molar-refractivity contribution in [2.75, 3.05) is 19.4 Å². The van der Waals surface area contributed by atoms with E-state index in [4.69, 9.17) is 5.11 Å². The highest BCUT2D eigenvalue weighted by Crippen LogP contribution is 2.14. The molecule has 2 N–H and O–H groups in total. The number of hydrogen-bond donors (Lipinski definition) is 2. The average Bonchev–Trinajstić information content (AvgIpc) is 2.35. The molecule has 0 aliphatic rings. The summed E-state index contributed by atoms with van der Waals surface area (Å²) in [6.07, 6.45) is 1.05. The Balaban J connectivity index is 2.91. The van der Waals surface area contributed by atoms with Gasteiger partial charge in [0.15, 0.2) is 9.84 Å². The molecule has 0 aromatic heterocycles. The molecule has 108 valence electrons. The van der Waals surface area contributed by atoms with Gasteiger partial charge in [0, 0.05) is 19.4 Å². The molecule has 0 heterocycles. The Morgan fingerprint density at radius 2 is 1.58 bits per heavy atom. The summed E-state index contributed by atoms with van der Waals surface area (Å²) in [5.74, 6) is -0.190. The quantitative estimate of drug-likeness (QED) is 0.770. The van der Waals surface area contributed by atoms with Gasteiger partial charge in [-0.05, 0) is 30.2 Å². The van der Waals surface area contributed by atoms with Crippen LogP contribution in [0.25, 0.3) is 0 Å². The highest BCUT2D eigenvalue weighted by Gasteiger charge is 2.16. The first-order valence-corrected chi connectivity index (χ1v) is 8.95. The zero-order valence-corrected chi connectivity index (χ0v) is 12.3. The van der Waals surface area contributed by atoms with Crippen LogP contribution < -0.4 is 4.72 Å². The van der Waals surface area contributed by atoms with Crippen molar-refractivity contribution in [2.45, 2.75) is 16.7 Å². The number of aliphatic hydroxyl groups excluding tert-OH is 1. The van der Waals surface area contributed by atoms with Crippen molar-refractivity contribution in [3.63, 3.8) is 0 Å². The summed E-state index contributed by atoms with van der Waals surface area (Å²) in [6.45, 7) is 1.71. The second-order valence-corrected chi connectivity index (χ2v) is 8.17. The van der Waals surface area contributed by atoms with Crippen LogP contribution >= 0.6 is 0 Å². The fourth-order valence-corrected chi connectivity index (χ4v) is 3.06. The smallest absolute Gasteiger partial charge is 0.240 e. The second kappa shape index (κ2) is 6.00. The fraction of sp³-hybridized carbons (Fsp3) is 0.455. The van der Waals surface area contributed by atoms with Crippen LogP contribution in [0.4, 0.5) is 0 Å². The van der Waals surface area contributed by atoms with Crippen LogP contribution in [0.3, 0.4) is 0 Å². The number of sulfone groups is 1. The van der Waals surface area contributed by atoms with Gasteiger partial charge in [0.2, 0.25) is 10.0 Å². The molecule has 1 unspecified atom stereocenters. The number of nitrogens with one attached hydrogen (secondary N) is 1. The van der Waals surface area contributed by atoms with Gasteiger partial charge in [-0.3, -0.25) is 0 Å². The standard InChI is InChI=1S/C11H17NO5S2/c1-9(8-13)7-12-19(16,17)11-5-3-10(4-6-11)18(2,14)15/h3-6,9,12-13H,7-8H2,1-2H3. The number of aliphatic hydroxyl groups is 1. The number of rotatable bonds is 6. The van der Waals surface area contributed by atoms with Gasteiger partial charge in [0.05, 0.1) is 9.79 Å². The lowest BCUT2D eigenvalue weighted by Gasteiger charge is -2.10. The van der Waals surface area contributed by atoms with Gasteiger partial charge in [-0.1, -0.05) is 6.92 Å². The van der Waals surface area contributed by atoms with Crippen LogP contribution in [0.2, 0.25) is 0 Å². The van der Waals surface area contributed by atoms with Crippen molar-refractivity contribution in [3.05, 3.63) is 24.3 Å². The number of hydrogen-bond acceptors (Lipinski definition) is 5. The molecule has 0 radical (unpaired) electrons. The minimum atomic E-state index is -3.68. The second-order valence-electron chi connectivity index (χ2n) is 4.38. The van der Waals surface area contributed by atoms with Gasteiger partial charge < -0.3 is 5.11 Å². The monoisotopic (exact) mass is 307 g/mol. The molecular formula is C11H17NO5S2. The van der Waals surface area contributed by atoms with Crippen molar-refractivity contribution >= 4 is 19.9 Å². The molecule has 0 aliphatic carbocycles. The third kappa shape index (κ3) is 4.57. The van der Waals surface area contributed by atoms with E-state index in [2.05, 4.69) is 4.72 Å². The molecule has 19 heavy (non-hydrogen) atoms. The highest BCUT2D eigenvalue weighted by molar-refractivity contribution is 7.90. The third-order valence-electron chi connectivity index (χ3n) is 2.50. The maximum absolute atomic E-state index is 11.9. The number of benzene rings is 1. The molecule has 1 rings (SSSR count). The summed E-state index contributed by atoms with van der Waals surface area (Å²) in [5, 5.41) is 8.83. The molecular weight excluding hydrogens is 290 g/mol. The molecule has 6 nitrogen and oxygen atoms in total. The van der Waals surface area contributed by atoms with Crippen molar-refractivity contribution in [2.24, 2.45) is 5.92 Å². The molecule has 0 aliphatic heterocycles. The van der Waals surface area contributed by atoms with Crippen LogP contribution in [0.1, 0.15) is 6.92 Å². The van der Waals surface area contributed by atoms with E-state index in [1.54, 1.807) is 6.92 Å². The van der Waals surface area contributed by atoms with Gasteiger partial charge in [-0.15, -0.1) is 0 Å². The zero-order chi connectivity index (χ0) is 14.7. The molecule has 1 aromatic carbocycles. The Hall–Kier alpha value is -0.960. The minimum Gasteiger partial charge on any atom is -0.396 e. The summed E-state index contributed by atoms with van der Waals surface area (Å²) in [4.78, 5) is 0.0558. The van der Waals surface area contributed by atoms with Crippen molar-refractivity contribution in [3.8, 4) is 0 Å². The Labute approximate surface area is 113 Å². The Bertz CT molecular complexity index is 620. The molecule has 0 amide bonds. The van der Waals surface area contributed by atoms with Crippen LogP contribution in [0.5, 0.6) is 0 Å². The van der Waals surface area contributed by atoms with Crippen molar-refractivity contribution in [1.82, 2.24) is 4.72 Å². The lowest BCUT2D eigenvalue weighted by Crippen LogP contribution is -2.29. The first-order chi connectivity index (χ1) is 8.66. The first-order valence-electron chi connectivity index (χ1n) is 5.57. The van der Waals surface area contributed by atoms with Crippen LogP contribution in [-0.4, -0.2) is 41.3 Å². The summed E-state index contributed by atoms with van der Waals surface area (Å²) < 4.78 is 48.6. The van der Waals surface area contributed by atoms with E-state index in [1.807, 2.05) is 0 Å². The van der Waals surface area contributed by atoms with Gasteiger partial charge in [-0.25, -0.2) is 21.6 Å². The summed E-state index contributed by atoms with van der Waals surface area (Å²) in [5.41, 5.74) is 0. The molecule has 8 heteroatoms. The maximum Gasteiger partial charge on any atom is 0.240 e. The van der Waals surface area contributed by atoms with E-state index in [1.165, 1.54) is 24.3 Å². The van der Waals surface area contributed by atoms with E-state index < -0.39 is 19.9 Å². The minimum absolute atomic E-state index is 0.00922. The van der Waals surface area contributed by atoms with Gasteiger partial charge in [0.1, 0.15) is 0 Å². The summed E-state index contributed by atoms with van der Waals surface area (Å²) in [6, 6.07) is 4.98. The Kier molecular flexibility index (Phi) is 5.08. The lowest BCUT2D eigenvalue weighted by molar-refractivity contribution is 0.238. The molecule has 1 atom stereocenters. The normalized spacial score (nSPS) is 14.3. The number of sulfonamides is 1. The largest absolute Gasteiger partial charge is 0.396 e. The van der Waals surface area contributed by atoms with E-state index in [0.29, 0.717) is 0 Å². The summed E-state index contributed by atoms with van der Waals surface area (Å²) in [7, 11) is -7.03. The third-order valence-corrected chi connectivity index (χ3v) is 5.06. The summed E-state index contributed by atoms with van der Waals surface area (Å²) >= 11 is 0. The maximum atomic E-state index is 11.9. The average molecular weight is 307 g/mol. The molecule has 0 spiro atoms. The predicted octanol–water partition coefficient (Wildman–Crippen LogP) is -0.00320. The molecule has 0 saturated heterocycles. The van der Waals surface area contributed by atoms with E-state index >= 15 is 0 Å². The first kappa shape index (κ1) is 16.1. The van der Waals surface area contributed by atoms with Gasteiger partial charge in [-0.2, -0.15) is 0 Å². The Morgan fingerprint density at radius 1 is 1.11 bits per heavy atom. The molecule has 0 bridgehead atoms. The van der Waals surface area contributed by atoms with Crippen molar-refractivity contribution < 1.29 is 21.9 Å². The van der Waals surface area contributed by atoms with Gasteiger partial charge in [0.25, 0.3) is 0 Å². The highest BCUT2D eigenvalue weighted by atomic mass is 32.2. The molecule has 0 saturated carbocycles.